The number of ketones is 1. The number of thiophene rings is 1. The molecule has 0 aliphatic heterocycles. The Morgan fingerprint density at radius 3 is 2.38 bits per heavy atom. The van der Waals surface area contributed by atoms with Crippen molar-refractivity contribution in [2.75, 3.05) is 0 Å². The minimum absolute atomic E-state index is 0.140. The highest BCUT2D eigenvalue weighted by Crippen LogP contribution is 2.17. The van der Waals surface area contributed by atoms with Gasteiger partial charge < -0.3 is 0 Å². The van der Waals surface area contributed by atoms with E-state index in [1.807, 2.05) is 30.3 Å². The van der Waals surface area contributed by atoms with Gasteiger partial charge in [0.2, 0.25) is 0 Å². The van der Waals surface area contributed by atoms with Crippen molar-refractivity contribution in [1.29, 1.82) is 0 Å². The SMILES string of the molecule is O=C(Cn1c(=O)n(CCc2ccccc2)c(=O)c2sccc21)c1ccc(Cl)cc1. The van der Waals surface area contributed by atoms with Gasteiger partial charge in [-0.05, 0) is 47.7 Å². The first-order valence-corrected chi connectivity index (χ1v) is 10.3. The van der Waals surface area contributed by atoms with Crippen LogP contribution >= 0.6 is 22.9 Å². The van der Waals surface area contributed by atoms with Crippen LogP contribution in [0.1, 0.15) is 15.9 Å². The van der Waals surface area contributed by atoms with Gasteiger partial charge in [0.15, 0.2) is 5.78 Å². The number of aromatic nitrogens is 2. The Morgan fingerprint density at radius 2 is 1.66 bits per heavy atom. The highest BCUT2D eigenvalue weighted by atomic mass is 35.5. The second kappa shape index (κ2) is 8.19. The van der Waals surface area contributed by atoms with Crippen molar-refractivity contribution < 1.29 is 4.79 Å². The van der Waals surface area contributed by atoms with Gasteiger partial charge in [-0.15, -0.1) is 11.3 Å². The average molecular weight is 425 g/mol. The maximum atomic E-state index is 13.1. The monoisotopic (exact) mass is 424 g/mol. The molecule has 0 saturated heterocycles. The van der Waals surface area contributed by atoms with E-state index in [0.29, 0.717) is 27.2 Å². The quantitative estimate of drug-likeness (QED) is 0.439. The Labute approximate surface area is 175 Å². The molecule has 0 amide bonds. The zero-order chi connectivity index (χ0) is 20.4. The van der Waals surface area contributed by atoms with Crippen LogP contribution in [0.25, 0.3) is 10.2 Å². The molecule has 0 atom stereocenters. The third kappa shape index (κ3) is 3.95. The number of halogens is 1. The molecule has 5 nitrogen and oxygen atoms in total. The molecule has 29 heavy (non-hydrogen) atoms. The van der Waals surface area contributed by atoms with E-state index in [-0.39, 0.29) is 24.4 Å². The number of hydrogen-bond donors (Lipinski definition) is 0. The predicted molar refractivity (Wildman–Crippen MR) is 116 cm³/mol. The molecule has 0 aliphatic carbocycles. The maximum absolute atomic E-state index is 13.1. The fourth-order valence-electron chi connectivity index (χ4n) is 3.24. The van der Waals surface area contributed by atoms with Gasteiger partial charge in [0, 0.05) is 17.1 Å². The number of Topliss-reactive ketones (excluding diaryl/α,β-unsaturated/α-hetero) is 1. The molecule has 0 spiro atoms. The van der Waals surface area contributed by atoms with Crippen molar-refractivity contribution >= 4 is 38.9 Å². The van der Waals surface area contributed by atoms with Crippen LogP contribution in [-0.4, -0.2) is 14.9 Å². The number of aryl methyl sites for hydroxylation is 1. The molecule has 2 aromatic carbocycles. The molecule has 0 radical (unpaired) electrons. The second-order valence-electron chi connectivity index (χ2n) is 6.63. The standard InChI is InChI=1S/C22H17ClN2O3S/c23-17-8-6-16(7-9-17)19(26)14-25-18-11-13-29-20(18)21(27)24(22(25)28)12-10-15-4-2-1-3-5-15/h1-9,11,13H,10,12,14H2. The molecule has 4 aromatic rings. The Morgan fingerprint density at radius 1 is 0.931 bits per heavy atom. The fraction of sp³-hybridized carbons (Fsp3) is 0.136. The summed E-state index contributed by atoms with van der Waals surface area (Å²) in [5, 5.41) is 2.30. The average Bonchev–Trinajstić information content (AvgIpc) is 3.22. The number of benzene rings is 2. The van der Waals surface area contributed by atoms with E-state index in [2.05, 4.69) is 0 Å². The third-order valence-corrected chi connectivity index (χ3v) is 5.91. The third-order valence-electron chi connectivity index (χ3n) is 4.77. The number of rotatable bonds is 6. The minimum Gasteiger partial charge on any atom is -0.292 e. The van der Waals surface area contributed by atoms with E-state index >= 15 is 0 Å². The summed E-state index contributed by atoms with van der Waals surface area (Å²) >= 11 is 7.16. The summed E-state index contributed by atoms with van der Waals surface area (Å²) in [5.41, 5.74) is 1.20. The summed E-state index contributed by atoms with van der Waals surface area (Å²) in [4.78, 5) is 38.7. The topological polar surface area (TPSA) is 61.1 Å². The van der Waals surface area contributed by atoms with Gasteiger partial charge in [-0.2, -0.15) is 0 Å². The zero-order valence-corrected chi connectivity index (χ0v) is 16.9. The molecule has 0 bridgehead atoms. The summed E-state index contributed by atoms with van der Waals surface area (Å²) in [6, 6.07) is 17.9. The molecule has 0 aliphatic rings. The summed E-state index contributed by atoms with van der Waals surface area (Å²) in [5.74, 6) is -0.218. The molecule has 146 valence electrons. The minimum atomic E-state index is -0.473. The van der Waals surface area contributed by atoms with Crippen LogP contribution in [0.15, 0.2) is 75.6 Å². The molecule has 0 N–H and O–H groups in total. The molecule has 2 aromatic heterocycles. The van der Waals surface area contributed by atoms with Gasteiger partial charge >= 0.3 is 5.69 Å². The molecule has 0 unspecified atom stereocenters. The highest BCUT2D eigenvalue weighted by molar-refractivity contribution is 7.17. The van der Waals surface area contributed by atoms with Crippen LogP contribution in [0.3, 0.4) is 0 Å². The summed E-state index contributed by atoms with van der Waals surface area (Å²) in [6.07, 6.45) is 0.554. The fourth-order valence-corrected chi connectivity index (χ4v) is 4.21. The normalized spacial score (nSPS) is 11.1. The Balaban J connectivity index is 1.72. The van der Waals surface area contributed by atoms with Crippen molar-refractivity contribution in [1.82, 2.24) is 9.13 Å². The number of nitrogens with zero attached hydrogens (tertiary/aromatic N) is 2. The first-order valence-electron chi connectivity index (χ1n) is 9.08. The number of carbonyl (C=O) groups is 1. The molecule has 0 fully saturated rings. The lowest BCUT2D eigenvalue weighted by atomic mass is 10.1. The van der Waals surface area contributed by atoms with Gasteiger partial charge in [0.05, 0.1) is 12.1 Å². The van der Waals surface area contributed by atoms with E-state index in [4.69, 9.17) is 11.6 Å². The van der Waals surface area contributed by atoms with Crippen molar-refractivity contribution in [3.63, 3.8) is 0 Å². The highest BCUT2D eigenvalue weighted by Gasteiger charge is 2.17. The number of hydrogen-bond acceptors (Lipinski definition) is 4. The van der Waals surface area contributed by atoms with E-state index in [1.54, 1.807) is 35.7 Å². The Bertz CT molecular complexity index is 1290. The van der Waals surface area contributed by atoms with Gasteiger partial charge in [0.25, 0.3) is 5.56 Å². The van der Waals surface area contributed by atoms with Crippen molar-refractivity contribution in [3.05, 3.63) is 103 Å². The van der Waals surface area contributed by atoms with Crippen LogP contribution in [0, 0.1) is 0 Å². The number of fused-ring (bicyclic) bond motifs is 1. The number of carbonyl (C=O) groups excluding carboxylic acids is 1. The van der Waals surface area contributed by atoms with Crippen molar-refractivity contribution in [3.8, 4) is 0 Å². The van der Waals surface area contributed by atoms with Gasteiger partial charge in [-0.25, -0.2) is 4.79 Å². The van der Waals surface area contributed by atoms with Crippen LogP contribution in [0.4, 0.5) is 0 Å². The van der Waals surface area contributed by atoms with Crippen molar-refractivity contribution in [2.24, 2.45) is 0 Å². The molecular weight excluding hydrogens is 408 g/mol. The largest absolute Gasteiger partial charge is 0.331 e. The van der Waals surface area contributed by atoms with Crippen LogP contribution in [0.2, 0.25) is 5.02 Å². The maximum Gasteiger partial charge on any atom is 0.331 e. The summed E-state index contributed by atoms with van der Waals surface area (Å²) in [6.45, 7) is 0.115. The molecular formula is C22H17ClN2O3S. The Kier molecular flexibility index (Phi) is 5.47. The summed E-state index contributed by atoms with van der Waals surface area (Å²) < 4.78 is 3.08. The van der Waals surface area contributed by atoms with Gasteiger partial charge in [0.1, 0.15) is 4.70 Å². The van der Waals surface area contributed by atoms with Crippen LogP contribution in [-0.2, 0) is 19.5 Å². The van der Waals surface area contributed by atoms with Crippen LogP contribution < -0.4 is 11.2 Å². The smallest absolute Gasteiger partial charge is 0.292 e. The lowest BCUT2D eigenvalue weighted by molar-refractivity contribution is 0.0971. The van der Waals surface area contributed by atoms with Gasteiger partial charge in [-0.1, -0.05) is 41.9 Å². The van der Waals surface area contributed by atoms with Gasteiger partial charge in [-0.3, -0.25) is 18.7 Å². The second-order valence-corrected chi connectivity index (χ2v) is 7.98. The first kappa shape index (κ1) is 19.4. The lowest BCUT2D eigenvalue weighted by Crippen LogP contribution is -2.41. The lowest BCUT2D eigenvalue weighted by Gasteiger charge is -2.12. The predicted octanol–water partition coefficient (Wildman–Crippen LogP) is 4.00. The van der Waals surface area contributed by atoms with E-state index < -0.39 is 5.69 Å². The van der Waals surface area contributed by atoms with E-state index in [1.165, 1.54) is 20.5 Å². The van der Waals surface area contributed by atoms with E-state index in [0.717, 1.165) is 5.56 Å². The van der Waals surface area contributed by atoms with Crippen LogP contribution in [0.5, 0.6) is 0 Å². The molecule has 4 rings (SSSR count). The zero-order valence-electron chi connectivity index (χ0n) is 15.4. The van der Waals surface area contributed by atoms with Crippen molar-refractivity contribution in [2.45, 2.75) is 19.5 Å². The Hall–Kier alpha value is -2.96. The summed E-state index contributed by atoms with van der Waals surface area (Å²) in [7, 11) is 0. The molecule has 0 saturated carbocycles. The molecule has 2 heterocycles. The molecule has 7 heteroatoms. The first-order chi connectivity index (χ1) is 14.0. The van der Waals surface area contributed by atoms with E-state index in [9.17, 15) is 14.4 Å².